The standard InChI is InChI=1S/C66H34F3N7/c67-66(68,69)53-20-25-62(75-60-21-16-48(44-10-1-6-40(26-44)35-70)30-55(60)56-31-49(17-22-61(56)75)45-11-2-7-41(27-45)36-71)59(34-53)54-15-5-14-52(39-74)65(54)76-63-23-18-50(46-12-3-8-42(28-46)37-72)32-57(63)58-33-51(19-24-64(58)76)47-13-4-9-43(29-47)38-73/h1-34H. The van der Waals surface area contributed by atoms with E-state index in [1.807, 2.05) is 155 Å². The van der Waals surface area contributed by atoms with E-state index in [-0.39, 0.29) is 11.1 Å². The summed E-state index contributed by atoms with van der Waals surface area (Å²) in [4.78, 5) is 0. The smallest absolute Gasteiger partial charge is 0.309 e. The van der Waals surface area contributed by atoms with Crippen molar-refractivity contribution in [3.05, 3.63) is 240 Å². The molecule has 0 bridgehead atoms. The molecule has 0 aliphatic carbocycles. The number of aromatic nitrogens is 2. The zero-order valence-corrected chi connectivity index (χ0v) is 39.9. The highest BCUT2D eigenvalue weighted by Gasteiger charge is 2.33. The summed E-state index contributed by atoms with van der Waals surface area (Å²) < 4.78 is 49.6. The maximum Gasteiger partial charge on any atom is 0.416 e. The Morgan fingerprint density at radius 1 is 0.316 bits per heavy atom. The number of nitrogens with zero attached hydrogens (tertiary/aromatic N) is 7. The first-order chi connectivity index (χ1) is 37.0. The van der Waals surface area contributed by atoms with Crippen LogP contribution < -0.4 is 0 Å². The molecule has 0 aliphatic heterocycles. The average molecular weight is 982 g/mol. The van der Waals surface area contributed by atoms with Gasteiger partial charge in [0.1, 0.15) is 6.07 Å². The number of hydrogen-bond donors (Lipinski definition) is 0. The fraction of sp³-hybridized carbons (Fsp3) is 0.0152. The third kappa shape index (κ3) is 7.83. The summed E-state index contributed by atoms with van der Waals surface area (Å²) in [6.45, 7) is 0. The lowest BCUT2D eigenvalue weighted by Crippen LogP contribution is -2.08. The second-order valence-electron chi connectivity index (χ2n) is 18.4. The van der Waals surface area contributed by atoms with Crippen molar-refractivity contribution in [1.29, 1.82) is 26.3 Å². The van der Waals surface area contributed by atoms with Gasteiger partial charge in [-0.3, -0.25) is 0 Å². The van der Waals surface area contributed by atoms with Crippen LogP contribution in [-0.4, -0.2) is 9.13 Å². The number of para-hydroxylation sites is 1. The second-order valence-corrected chi connectivity index (χ2v) is 18.4. The van der Waals surface area contributed by atoms with Crippen LogP contribution in [0.15, 0.2) is 206 Å². The number of halogens is 3. The monoisotopic (exact) mass is 981 g/mol. The maximum absolute atomic E-state index is 15.2. The summed E-state index contributed by atoms with van der Waals surface area (Å²) in [6, 6.07) is 72.9. The van der Waals surface area contributed by atoms with Gasteiger partial charge in [0.05, 0.1) is 91.1 Å². The molecule has 10 heteroatoms. The topological polar surface area (TPSA) is 129 Å². The first-order valence-corrected chi connectivity index (χ1v) is 24.0. The zero-order valence-electron chi connectivity index (χ0n) is 39.9. The first-order valence-electron chi connectivity index (χ1n) is 24.0. The van der Waals surface area contributed by atoms with Gasteiger partial charge in [0, 0.05) is 32.7 Å². The molecule has 0 spiro atoms. The van der Waals surface area contributed by atoms with E-state index in [4.69, 9.17) is 0 Å². The van der Waals surface area contributed by atoms with Gasteiger partial charge in [-0.05, 0) is 166 Å². The minimum absolute atomic E-state index is 0.210. The van der Waals surface area contributed by atoms with Gasteiger partial charge >= 0.3 is 6.18 Å². The van der Waals surface area contributed by atoms with Crippen LogP contribution in [-0.2, 0) is 6.18 Å². The minimum atomic E-state index is -4.74. The van der Waals surface area contributed by atoms with Crippen LogP contribution in [0, 0.1) is 56.7 Å². The molecule has 0 radical (unpaired) electrons. The lowest BCUT2D eigenvalue weighted by atomic mass is 9.95. The van der Waals surface area contributed by atoms with Gasteiger partial charge < -0.3 is 9.13 Å². The molecule has 0 saturated heterocycles. The molecule has 2 heterocycles. The molecule has 0 atom stereocenters. The summed E-state index contributed by atoms with van der Waals surface area (Å²) in [7, 11) is 0. The number of hydrogen-bond acceptors (Lipinski definition) is 5. The van der Waals surface area contributed by atoms with E-state index in [1.54, 1.807) is 42.5 Å². The van der Waals surface area contributed by atoms with E-state index in [9.17, 15) is 26.3 Å². The van der Waals surface area contributed by atoms with Crippen molar-refractivity contribution in [3.8, 4) is 97.4 Å². The minimum Gasteiger partial charge on any atom is -0.309 e. The average Bonchev–Trinajstić information content (AvgIpc) is 4.15. The van der Waals surface area contributed by atoms with Crippen LogP contribution in [0.4, 0.5) is 13.2 Å². The van der Waals surface area contributed by atoms with Crippen molar-refractivity contribution >= 4 is 43.6 Å². The predicted octanol–water partition coefficient (Wildman–Crippen LogP) is 16.6. The van der Waals surface area contributed by atoms with Crippen LogP contribution in [0.3, 0.4) is 0 Å². The molecule has 2 aromatic heterocycles. The number of nitriles is 5. The van der Waals surface area contributed by atoms with Gasteiger partial charge in [0.15, 0.2) is 0 Å². The van der Waals surface area contributed by atoms with Crippen LogP contribution in [0.25, 0.3) is 111 Å². The number of benzene rings is 10. The third-order valence-corrected chi connectivity index (χ3v) is 14.1. The molecule has 76 heavy (non-hydrogen) atoms. The van der Waals surface area contributed by atoms with E-state index < -0.39 is 11.7 Å². The van der Waals surface area contributed by atoms with Gasteiger partial charge in [-0.2, -0.15) is 39.5 Å². The van der Waals surface area contributed by atoms with Gasteiger partial charge in [0.25, 0.3) is 0 Å². The predicted molar refractivity (Wildman–Crippen MR) is 291 cm³/mol. The van der Waals surface area contributed by atoms with Crippen LogP contribution in [0.1, 0.15) is 33.4 Å². The Morgan fingerprint density at radius 2 is 0.671 bits per heavy atom. The number of fused-ring (bicyclic) bond motifs is 6. The van der Waals surface area contributed by atoms with Crippen LogP contribution >= 0.6 is 0 Å². The van der Waals surface area contributed by atoms with E-state index >= 15 is 13.2 Å². The molecule has 0 amide bonds. The van der Waals surface area contributed by atoms with E-state index in [2.05, 4.69) is 30.3 Å². The zero-order chi connectivity index (χ0) is 52.2. The van der Waals surface area contributed by atoms with Crippen molar-refractivity contribution in [3.63, 3.8) is 0 Å². The highest BCUT2D eigenvalue weighted by atomic mass is 19.4. The van der Waals surface area contributed by atoms with E-state index in [0.717, 1.165) is 78.2 Å². The molecule has 10 aromatic carbocycles. The molecule has 0 fully saturated rings. The van der Waals surface area contributed by atoms with Crippen molar-refractivity contribution < 1.29 is 13.2 Å². The highest BCUT2D eigenvalue weighted by molar-refractivity contribution is 6.14. The molecule has 0 unspecified atom stereocenters. The molecule has 0 N–H and O–H groups in total. The first kappa shape index (κ1) is 46.1. The normalized spacial score (nSPS) is 11.3. The summed E-state index contributed by atoms with van der Waals surface area (Å²) in [5, 5.41) is 53.4. The summed E-state index contributed by atoms with van der Waals surface area (Å²) >= 11 is 0. The Hall–Kier alpha value is -11.0. The fourth-order valence-corrected chi connectivity index (χ4v) is 10.6. The van der Waals surface area contributed by atoms with Gasteiger partial charge in [-0.1, -0.05) is 84.9 Å². The SMILES string of the molecule is N#Cc1cccc(-c2ccc3c(c2)c2cc(-c4cccc(C#N)c4)ccc2n3-c2ccc(C(F)(F)F)cc2-c2cccc(C#N)c2-n2c3ccc(-c4cccc(C#N)c4)cc3c3cc(-c4cccc(C#N)c4)ccc32)c1. The maximum atomic E-state index is 15.2. The Kier molecular flexibility index (Phi) is 11.1. The molecule has 0 saturated carbocycles. The fourth-order valence-electron chi connectivity index (χ4n) is 10.6. The number of rotatable bonds is 7. The molecule has 7 nitrogen and oxygen atoms in total. The van der Waals surface area contributed by atoms with Crippen LogP contribution in [0.5, 0.6) is 0 Å². The van der Waals surface area contributed by atoms with E-state index in [0.29, 0.717) is 61.3 Å². The molecular formula is C66H34F3N7. The highest BCUT2D eigenvalue weighted by Crippen LogP contribution is 2.46. The molecule has 12 aromatic rings. The summed E-state index contributed by atoms with van der Waals surface area (Å²) in [5.41, 5.74) is 11.9. The van der Waals surface area contributed by atoms with Crippen LogP contribution in [0.2, 0.25) is 0 Å². The largest absolute Gasteiger partial charge is 0.416 e. The van der Waals surface area contributed by atoms with Crippen molar-refractivity contribution in [2.24, 2.45) is 0 Å². The second kappa shape index (κ2) is 18.3. The molecule has 12 rings (SSSR count). The molecule has 354 valence electrons. The van der Waals surface area contributed by atoms with E-state index in [1.165, 1.54) is 6.07 Å². The van der Waals surface area contributed by atoms with Gasteiger partial charge in [0.2, 0.25) is 0 Å². The quantitative estimate of drug-likeness (QED) is 0.157. The van der Waals surface area contributed by atoms with Gasteiger partial charge in [-0.25, -0.2) is 0 Å². The summed E-state index contributed by atoms with van der Waals surface area (Å²) in [6.07, 6.45) is -4.74. The Labute approximate surface area is 433 Å². The Bertz CT molecular complexity index is 4420. The lowest BCUT2D eigenvalue weighted by Gasteiger charge is -2.21. The lowest BCUT2D eigenvalue weighted by molar-refractivity contribution is -0.137. The van der Waals surface area contributed by atoms with Crippen molar-refractivity contribution in [1.82, 2.24) is 9.13 Å². The number of alkyl halides is 3. The third-order valence-electron chi connectivity index (χ3n) is 14.1. The Morgan fingerprint density at radius 3 is 1.03 bits per heavy atom. The molecule has 0 aliphatic rings. The summed E-state index contributed by atoms with van der Waals surface area (Å²) in [5.74, 6) is 0. The molecular weight excluding hydrogens is 948 g/mol. The van der Waals surface area contributed by atoms with Gasteiger partial charge in [-0.15, -0.1) is 0 Å². The van der Waals surface area contributed by atoms with Crippen molar-refractivity contribution in [2.75, 3.05) is 0 Å². The van der Waals surface area contributed by atoms with Crippen molar-refractivity contribution in [2.45, 2.75) is 6.18 Å². The Balaban J connectivity index is 1.16.